The summed E-state index contributed by atoms with van der Waals surface area (Å²) in [6.07, 6.45) is 4.94. The molecule has 1 aliphatic carbocycles. The fourth-order valence-electron chi connectivity index (χ4n) is 3.42. The molecule has 0 spiro atoms. The molecule has 128 valence electrons. The summed E-state index contributed by atoms with van der Waals surface area (Å²) in [6.45, 7) is 0.819. The maximum Gasteiger partial charge on any atom is 0.311 e. The molecule has 1 aromatic heterocycles. The Morgan fingerprint density at radius 2 is 2.04 bits per heavy atom. The van der Waals surface area contributed by atoms with Crippen molar-refractivity contribution in [3.8, 4) is 16.9 Å². The maximum absolute atomic E-state index is 11.9. The number of benzene rings is 1. The molecule has 1 aromatic carbocycles. The number of aliphatic hydroxyl groups excluding tert-OH is 1. The van der Waals surface area contributed by atoms with Crippen LogP contribution >= 0.6 is 0 Å². The van der Waals surface area contributed by atoms with E-state index in [4.69, 9.17) is 14.6 Å². The number of rotatable bonds is 6. The van der Waals surface area contributed by atoms with Gasteiger partial charge in [0.05, 0.1) is 20.6 Å². The molecule has 0 saturated heterocycles. The van der Waals surface area contributed by atoms with Crippen LogP contribution in [0.5, 0.6) is 5.75 Å². The quantitative estimate of drug-likeness (QED) is 0.827. The topological polar surface area (TPSA) is 60.7 Å². The van der Waals surface area contributed by atoms with Crippen LogP contribution in [0, 0.1) is 0 Å². The molecule has 1 aliphatic rings. The zero-order chi connectivity index (χ0) is 17.1. The molecule has 0 amide bonds. The second-order valence-electron chi connectivity index (χ2n) is 6.02. The number of aryl methyl sites for hydroxylation is 3. The van der Waals surface area contributed by atoms with Crippen molar-refractivity contribution in [2.75, 3.05) is 20.8 Å². The first-order valence-electron chi connectivity index (χ1n) is 8.23. The average molecular weight is 329 g/mol. The van der Waals surface area contributed by atoms with Crippen LogP contribution in [-0.2, 0) is 35.3 Å². The van der Waals surface area contributed by atoms with Gasteiger partial charge in [-0.25, -0.2) is 0 Å². The predicted octanol–water partition coefficient (Wildman–Crippen LogP) is 2.36. The molecule has 0 unspecified atom stereocenters. The van der Waals surface area contributed by atoms with Crippen molar-refractivity contribution >= 4 is 5.97 Å². The minimum atomic E-state index is -0.254. The number of methoxy groups -OCH3 is 2. The molecule has 0 bridgehead atoms. The van der Waals surface area contributed by atoms with E-state index >= 15 is 0 Å². The van der Waals surface area contributed by atoms with Gasteiger partial charge in [0.1, 0.15) is 5.75 Å². The molecule has 5 heteroatoms. The summed E-state index contributed by atoms with van der Waals surface area (Å²) in [5, 5.41) is 9.15. The Bertz CT molecular complexity index is 748. The van der Waals surface area contributed by atoms with E-state index in [1.165, 1.54) is 18.2 Å². The Hall–Kier alpha value is -2.27. The van der Waals surface area contributed by atoms with Gasteiger partial charge in [-0.2, -0.15) is 0 Å². The number of fused-ring (bicyclic) bond motifs is 3. The summed E-state index contributed by atoms with van der Waals surface area (Å²) in [5.41, 5.74) is 5.73. The van der Waals surface area contributed by atoms with E-state index in [2.05, 4.69) is 16.8 Å². The normalized spacial score (nSPS) is 12.5. The smallest absolute Gasteiger partial charge is 0.311 e. The summed E-state index contributed by atoms with van der Waals surface area (Å²) in [5.74, 6) is 0.560. The predicted molar refractivity (Wildman–Crippen MR) is 91.3 cm³/mol. The van der Waals surface area contributed by atoms with Crippen LogP contribution in [-0.4, -0.2) is 36.5 Å². The van der Waals surface area contributed by atoms with E-state index in [0.29, 0.717) is 13.0 Å². The number of aromatic nitrogens is 1. The summed E-state index contributed by atoms with van der Waals surface area (Å²) >= 11 is 0. The van der Waals surface area contributed by atoms with Crippen molar-refractivity contribution in [1.82, 2.24) is 4.57 Å². The second-order valence-corrected chi connectivity index (χ2v) is 6.02. The van der Waals surface area contributed by atoms with Gasteiger partial charge in [-0.15, -0.1) is 0 Å². The molecule has 24 heavy (non-hydrogen) atoms. The number of aliphatic hydroxyl groups is 1. The van der Waals surface area contributed by atoms with Crippen molar-refractivity contribution in [3.63, 3.8) is 0 Å². The highest BCUT2D eigenvalue weighted by molar-refractivity contribution is 5.81. The SMILES string of the molecule is COC(=O)Cc1c2c(cn1CCCO)CCc1ccc(OC)cc1-2. The van der Waals surface area contributed by atoms with Gasteiger partial charge in [-0.3, -0.25) is 4.79 Å². The Morgan fingerprint density at radius 3 is 2.75 bits per heavy atom. The third-order valence-electron chi connectivity index (χ3n) is 4.61. The first-order valence-corrected chi connectivity index (χ1v) is 8.23. The molecule has 0 radical (unpaired) electrons. The number of carbonyl (C=O) groups excluding carboxylic acids is 1. The molecule has 0 fully saturated rings. The van der Waals surface area contributed by atoms with Crippen LogP contribution in [0.3, 0.4) is 0 Å². The minimum absolute atomic E-state index is 0.130. The Labute approximate surface area is 141 Å². The largest absolute Gasteiger partial charge is 0.497 e. The van der Waals surface area contributed by atoms with Gasteiger partial charge in [0.15, 0.2) is 0 Å². The van der Waals surface area contributed by atoms with Crippen molar-refractivity contribution in [2.24, 2.45) is 0 Å². The van der Waals surface area contributed by atoms with Crippen molar-refractivity contribution < 1.29 is 19.4 Å². The van der Waals surface area contributed by atoms with Crippen LogP contribution < -0.4 is 4.74 Å². The molecule has 3 rings (SSSR count). The summed E-state index contributed by atoms with van der Waals surface area (Å²) in [6, 6.07) is 6.13. The maximum atomic E-state index is 11.9. The molecule has 1 heterocycles. The van der Waals surface area contributed by atoms with Crippen molar-refractivity contribution in [2.45, 2.75) is 32.2 Å². The van der Waals surface area contributed by atoms with Gasteiger partial charge in [0, 0.05) is 30.6 Å². The van der Waals surface area contributed by atoms with E-state index in [9.17, 15) is 4.79 Å². The average Bonchev–Trinajstić information content (AvgIpc) is 2.97. The number of nitrogens with zero attached hydrogens (tertiary/aromatic N) is 1. The standard InChI is InChI=1S/C19H23NO4/c1-23-15-7-6-13-4-5-14-12-20(8-3-9-21)17(11-18(22)24-2)19(14)16(13)10-15/h6-7,10,12,21H,3-5,8-9,11H2,1-2H3. The molecular formula is C19H23NO4. The molecule has 0 aliphatic heterocycles. The fourth-order valence-corrected chi connectivity index (χ4v) is 3.42. The number of ether oxygens (including phenoxy) is 2. The number of esters is 1. The number of carbonyl (C=O) groups is 1. The zero-order valence-electron chi connectivity index (χ0n) is 14.2. The third kappa shape index (κ3) is 3.04. The first kappa shape index (κ1) is 16.6. The highest BCUT2D eigenvalue weighted by Crippen LogP contribution is 2.39. The lowest BCUT2D eigenvalue weighted by molar-refractivity contribution is -0.139. The van der Waals surface area contributed by atoms with Crippen molar-refractivity contribution in [1.29, 1.82) is 0 Å². The summed E-state index contributed by atoms with van der Waals surface area (Å²) in [7, 11) is 3.07. The molecule has 0 saturated carbocycles. The van der Waals surface area contributed by atoms with E-state index in [-0.39, 0.29) is 19.0 Å². The van der Waals surface area contributed by atoms with Crippen LogP contribution in [0.2, 0.25) is 0 Å². The zero-order valence-corrected chi connectivity index (χ0v) is 14.2. The molecule has 0 atom stereocenters. The van der Waals surface area contributed by atoms with Gasteiger partial charge < -0.3 is 19.1 Å². The first-order chi connectivity index (χ1) is 11.7. The lowest BCUT2D eigenvalue weighted by atomic mass is 9.86. The van der Waals surface area contributed by atoms with Gasteiger partial charge in [-0.1, -0.05) is 6.07 Å². The van der Waals surface area contributed by atoms with Gasteiger partial charge in [0.25, 0.3) is 0 Å². The number of hydrogen-bond acceptors (Lipinski definition) is 4. The summed E-state index contributed by atoms with van der Waals surface area (Å²) < 4.78 is 12.3. The Morgan fingerprint density at radius 1 is 1.25 bits per heavy atom. The molecule has 1 N–H and O–H groups in total. The van der Waals surface area contributed by atoms with E-state index in [1.807, 2.05) is 12.1 Å². The Balaban J connectivity index is 2.12. The lowest BCUT2D eigenvalue weighted by Gasteiger charge is -2.19. The third-order valence-corrected chi connectivity index (χ3v) is 4.61. The lowest BCUT2D eigenvalue weighted by Crippen LogP contribution is -2.12. The molecular weight excluding hydrogens is 306 g/mol. The van der Waals surface area contributed by atoms with Gasteiger partial charge >= 0.3 is 5.97 Å². The fraction of sp³-hybridized carbons (Fsp3) is 0.421. The monoisotopic (exact) mass is 329 g/mol. The summed E-state index contributed by atoms with van der Waals surface area (Å²) in [4.78, 5) is 11.9. The van der Waals surface area contributed by atoms with Crippen LogP contribution in [0.15, 0.2) is 24.4 Å². The highest BCUT2D eigenvalue weighted by atomic mass is 16.5. The van der Waals surface area contributed by atoms with E-state index in [0.717, 1.165) is 35.4 Å². The number of hydrogen-bond donors (Lipinski definition) is 1. The van der Waals surface area contributed by atoms with Gasteiger partial charge in [-0.05, 0) is 48.1 Å². The Kier molecular flexibility index (Phi) is 4.90. The van der Waals surface area contributed by atoms with Crippen LogP contribution in [0.25, 0.3) is 11.1 Å². The molecule has 2 aromatic rings. The van der Waals surface area contributed by atoms with E-state index in [1.54, 1.807) is 7.11 Å². The second kappa shape index (κ2) is 7.09. The van der Waals surface area contributed by atoms with Crippen LogP contribution in [0.4, 0.5) is 0 Å². The van der Waals surface area contributed by atoms with E-state index < -0.39 is 0 Å². The molecule has 5 nitrogen and oxygen atoms in total. The highest BCUT2D eigenvalue weighted by Gasteiger charge is 2.25. The minimum Gasteiger partial charge on any atom is -0.497 e. The van der Waals surface area contributed by atoms with Gasteiger partial charge in [0.2, 0.25) is 0 Å². The van der Waals surface area contributed by atoms with Crippen LogP contribution in [0.1, 0.15) is 23.2 Å². The van der Waals surface area contributed by atoms with Crippen molar-refractivity contribution in [3.05, 3.63) is 41.2 Å².